The first-order valence-corrected chi connectivity index (χ1v) is 7.46. The van der Waals surface area contributed by atoms with Gasteiger partial charge in [0.05, 0.1) is 6.21 Å². The molecule has 0 saturated carbocycles. The Bertz CT molecular complexity index is 690. The van der Waals surface area contributed by atoms with E-state index in [0.717, 1.165) is 16.9 Å². The van der Waals surface area contributed by atoms with Gasteiger partial charge >= 0.3 is 0 Å². The van der Waals surface area contributed by atoms with Gasteiger partial charge in [-0.2, -0.15) is 5.10 Å². The molecule has 22 heavy (non-hydrogen) atoms. The lowest BCUT2D eigenvalue weighted by Crippen LogP contribution is -2.23. The number of halogens is 2. The fraction of sp³-hybridized carbons (Fsp3) is 0.0667. The van der Waals surface area contributed by atoms with Crippen LogP contribution in [0.2, 0.25) is 10.0 Å². The number of nitrogens with two attached hydrogens (primary N) is 1. The van der Waals surface area contributed by atoms with Crippen LogP contribution in [-0.2, 0) is 6.61 Å². The first-order chi connectivity index (χ1) is 10.5. The lowest BCUT2D eigenvalue weighted by atomic mass is 10.2. The second-order valence-electron chi connectivity index (χ2n) is 4.33. The van der Waals surface area contributed by atoms with E-state index in [0.29, 0.717) is 16.7 Å². The smallest absolute Gasteiger partial charge is 0.184 e. The quantitative estimate of drug-likeness (QED) is 0.488. The van der Waals surface area contributed by atoms with Crippen LogP contribution >= 0.6 is 35.4 Å². The monoisotopic (exact) mass is 353 g/mol. The van der Waals surface area contributed by atoms with Crippen LogP contribution in [-0.4, -0.2) is 11.3 Å². The van der Waals surface area contributed by atoms with Crippen molar-refractivity contribution in [2.75, 3.05) is 0 Å². The van der Waals surface area contributed by atoms with Crippen molar-refractivity contribution >= 4 is 46.7 Å². The number of rotatable bonds is 5. The van der Waals surface area contributed by atoms with Crippen LogP contribution in [0.15, 0.2) is 47.6 Å². The van der Waals surface area contributed by atoms with Gasteiger partial charge < -0.3 is 10.5 Å². The molecule has 0 aliphatic rings. The Morgan fingerprint density at radius 3 is 2.59 bits per heavy atom. The number of hydrogen-bond donors (Lipinski definition) is 2. The average molecular weight is 354 g/mol. The van der Waals surface area contributed by atoms with Crippen molar-refractivity contribution in [1.29, 1.82) is 0 Å². The summed E-state index contributed by atoms with van der Waals surface area (Å²) in [4.78, 5) is 0. The van der Waals surface area contributed by atoms with Crippen LogP contribution in [0.4, 0.5) is 0 Å². The second-order valence-corrected chi connectivity index (χ2v) is 5.61. The maximum atomic E-state index is 6.09. The summed E-state index contributed by atoms with van der Waals surface area (Å²) in [6.07, 6.45) is 1.61. The molecule has 0 aromatic heterocycles. The molecule has 2 aromatic rings. The molecule has 0 radical (unpaired) electrons. The summed E-state index contributed by atoms with van der Waals surface area (Å²) in [7, 11) is 0. The molecule has 0 amide bonds. The highest BCUT2D eigenvalue weighted by Gasteiger charge is 2.02. The molecule has 114 valence electrons. The lowest BCUT2D eigenvalue weighted by molar-refractivity contribution is 0.306. The summed E-state index contributed by atoms with van der Waals surface area (Å²) >= 11 is 16.6. The second kappa shape index (κ2) is 7.98. The van der Waals surface area contributed by atoms with Gasteiger partial charge in [-0.05, 0) is 54.2 Å². The predicted molar refractivity (Wildman–Crippen MR) is 94.8 cm³/mol. The molecule has 4 nitrogen and oxygen atoms in total. The van der Waals surface area contributed by atoms with Gasteiger partial charge in [-0.15, -0.1) is 0 Å². The van der Waals surface area contributed by atoms with Crippen molar-refractivity contribution in [2.45, 2.75) is 6.61 Å². The van der Waals surface area contributed by atoms with Gasteiger partial charge in [-0.25, -0.2) is 0 Å². The largest absolute Gasteiger partial charge is 0.489 e. The van der Waals surface area contributed by atoms with E-state index in [9.17, 15) is 0 Å². The molecule has 0 heterocycles. The third-order valence-electron chi connectivity index (χ3n) is 2.68. The van der Waals surface area contributed by atoms with Crippen molar-refractivity contribution in [3.8, 4) is 5.75 Å². The van der Waals surface area contributed by atoms with Gasteiger partial charge in [0.2, 0.25) is 0 Å². The fourth-order valence-electron chi connectivity index (χ4n) is 1.62. The summed E-state index contributed by atoms with van der Waals surface area (Å²) in [5.74, 6) is 0.727. The highest BCUT2D eigenvalue weighted by atomic mass is 35.5. The van der Waals surface area contributed by atoms with E-state index in [1.54, 1.807) is 18.3 Å². The predicted octanol–water partition coefficient (Wildman–Crippen LogP) is 3.74. The maximum absolute atomic E-state index is 6.09. The molecule has 0 saturated heterocycles. The topological polar surface area (TPSA) is 59.6 Å². The van der Waals surface area contributed by atoms with Crippen molar-refractivity contribution in [2.24, 2.45) is 10.8 Å². The Morgan fingerprint density at radius 2 is 1.95 bits per heavy atom. The Kier molecular flexibility index (Phi) is 6.00. The number of hydrazone groups is 1. The average Bonchev–Trinajstić information content (AvgIpc) is 2.47. The van der Waals surface area contributed by atoms with Crippen LogP contribution in [0.1, 0.15) is 11.1 Å². The molecule has 0 aliphatic carbocycles. The van der Waals surface area contributed by atoms with Crippen LogP contribution in [0, 0.1) is 0 Å². The van der Waals surface area contributed by atoms with Crippen LogP contribution in [0.25, 0.3) is 0 Å². The van der Waals surface area contributed by atoms with E-state index in [4.69, 9.17) is 33.7 Å². The Hall–Kier alpha value is -1.82. The molecule has 3 N–H and O–H groups in total. The van der Waals surface area contributed by atoms with Crippen LogP contribution < -0.4 is 15.9 Å². The summed E-state index contributed by atoms with van der Waals surface area (Å²) in [5, 5.41) is 5.18. The summed E-state index contributed by atoms with van der Waals surface area (Å²) in [6.45, 7) is 0.367. The molecule has 0 spiro atoms. The van der Waals surface area contributed by atoms with Gasteiger partial charge in [0.1, 0.15) is 12.4 Å². The van der Waals surface area contributed by atoms with Gasteiger partial charge in [-0.3, -0.25) is 5.43 Å². The zero-order chi connectivity index (χ0) is 15.9. The molecule has 0 atom stereocenters. The van der Waals surface area contributed by atoms with Gasteiger partial charge in [-0.1, -0.05) is 29.3 Å². The third kappa shape index (κ3) is 5.18. The summed E-state index contributed by atoms with van der Waals surface area (Å²) < 4.78 is 5.68. The zero-order valence-corrected chi connectivity index (χ0v) is 13.8. The first-order valence-electron chi connectivity index (χ1n) is 6.30. The standard InChI is InChI=1S/C15H13Cl2N3OS/c16-12-4-3-11(14(17)7-12)9-21-13-5-1-10(2-6-13)8-19-20-15(18)22/h1-8H,9H2,(H3,18,20,22)/b19-8+. The minimum absolute atomic E-state index is 0.121. The van der Waals surface area contributed by atoms with E-state index >= 15 is 0 Å². The maximum Gasteiger partial charge on any atom is 0.184 e. The van der Waals surface area contributed by atoms with Crippen molar-refractivity contribution in [3.05, 3.63) is 63.6 Å². The summed E-state index contributed by atoms with van der Waals surface area (Å²) in [5.41, 5.74) is 9.51. The van der Waals surface area contributed by atoms with Gasteiger partial charge in [0.25, 0.3) is 0 Å². The molecule has 0 bridgehead atoms. The molecule has 2 rings (SSSR count). The number of thiocarbonyl (C=S) groups is 1. The highest BCUT2D eigenvalue weighted by molar-refractivity contribution is 7.80. The third-order valence-corrected chi connectivity index (χ3v) is 3.36. The highest BCUT2D eigenvalue weighted by Crippen LogP contribution is 2.22. The molecule has 0 unspecified atom stereocenters. The zero-order valence-electron chi connectivity index (χ0n) is 11.4. The molecular weight excluding hydrogens is 341 g/mol. The Balaban J connectivity index is 1.93. The number of nitrogens with one attached hydrogen (secondary N) is 1. The molecular formula is C15H13Cl2N3OS. The van der Waals surface area contributed by atoms with E-state index in [1.165, 1.54) is 0 Å². The van der Waals surface area contributed by atoms with Gasteiger partial charge in [0.15, 0.2) is 5.11 Å². The minimum atomic E-state index is 0.121. The van der Waals surface area contributed by atoms with Crippen molar-refractivity contribution in [3.63, 3.8) is 0 Å². The number of ether oxygens (including phenoxy) is 1. The van der Waals surface area contributed by atoms with E-state index < -0.39 is 0 Å². The summed E-state index contributed by atoms with van der Waals surface area (Å²) in [6, 6.07) is 12.7. The molecule has 2 aromatic carbocycles. The van der Waals surface area contributed by atoms with Crippen molar-refractivity contribution in [1.82, 2.24) is 5.43 Å². The number of benzene rings is 2. The fourth-order valence-corrected chi connectivity index (χ4v) is 2.14. The number of hydrogen-bond acceptors (Lipinski definition) is 3. The van der Waals surface area contributed by atoms with Crippen LogP contribution in [0.5, 0.6) is 5.75 Å². The normalized spacial score (nSPS) is 10.6. The SMILES string of the molecule is NC(=S)N/N=C/c1ccc(OCc2ccc(Cl)cc2Cl)cc1. The first kappa shape index (κ1) is 16.5. The van der Waals surface area contributed by atoms with E-state index in [2.05, 4.69) is 22.7 Å². The lowest BCUT2D eigenvalue weighted by Gasteiger charge is -2.08. The van der Waals surface area contributed by atoms with Crippen molar-refractivity contribution < 1.29 is 4.74 Å². The Labute approximate surface area is 143 Å². The molecule has 0 fully saturated rings. The van der Waals surface area contributed by atoms with E-state index in [1.807, 2.05) is 30.3 Å². The Morgan fingerprint density at radius 1 is 1.23 bits per heavy atom. The molecule has 0 aliphatic heterocycles. The van der Waals surface area contributed by atoms with Gasteiger partial charge in [0, 0.05) is 15.6 Å². The van der Waals surface area contributed by atoms with E-state index in [-0.39, 0.29) is 5.11 Å². The minimum Gasteiger partial charge on any atom is -0.489 e. The number of nitrogens with zero attached hydrogens (tertiary/aromatic N) is 1. The molecule has 7 heteroatoms. The van der Waals surface area contributed by atoms with Crippen LogP contribution in [0.3, 0.4) is 0 Å².